The lowest BCUT2D eigenvalue weighted by Gasteiger charge is -2.37. The van der Waals surface area contributed by atoms with E-state index in [1.807, 2.05) is 6.92 Å². The van der Waals surface area contributed by atoms with Crippen molar-refractivity contribution in [1.29, 1.82) is 0 Å². The molecule has 3 saturated heterocycles. The standard InChI is InChI=1S/C28H37N3O6/c1-6-15-29(4)24(33)21-22-25(34)31(17-8-18-32)23(28(22)14-13-27(21,3)37-28)26(35)30(16-7-2)19-9-11-20(36-5)12-10-19/h6-7,9-12,21-23,32H,1-2,8,13-18H2,3-5H3/t21-,22+,23?,27+,28?/m1/s1. The molecule has 9 nitrogen and oxygen atoms in total. The first-order chi connectivity index (χ1) is 17.7. The van der Waals surface area contributed by atoms with Crippen LogP contribution in [0.5, 0.6) is 5.75 Å². The number of amides is 3. The Labute approximate surface area is 218 Å². The van der Waals surface area contributed by atoms with Crippen molar-refractivity contribution in [3.05, 3.63) is 49.6 Å². The third-order valence-corrected chi connectivity index (χ3v) is 8.07. The van der Waals surface area contributed by atoms with E-state index in [0.717, 1.165) is 0 Å². The fourth-order valence-corrected chi connectivity index (χ4v) is 6.45. The van der Waals surface area contributed by atoms with Crippen LogP contribution in [-0.2, 0) is 19.1 Å². The van der Waals surface area contributed by atoms with E-state index in [2.05, 4.69) is 13.2 Å². The minimum absolute atomic E-state index is 0.125. The summed E-state index contributed by atoms with van der Waals surface area (Å²) in [6.07, 6.45) is 4.65. The predicted octanol–water partition coefficient (Wildman–Crippen LogP) is 2.01. The van der Waals surface area contributed by atoms with Crippen LogP contribution in [0.1, 0.15) is 26.2 Å². The number of fused-ring (bicyclic) bond motifs is 1. The molecule has 2 unspecified atom stereocenters. The Morgan fingerprint density at radius 1 is 1.19 bits per heavy atom. The van der Waals surface area contributed by atoms with Crippen LogP contribution >= 0.6 is 0 Å². The highest BCUT2D eigenvalue weighted by Gasteiger charge is 2.78. The van der Waals surface area contributed by atoms with Crippen molar-refractivity contribution < 1.29 is 29.0 Å². The molecule has 1 spiro atoms. The lowest BCUT2D eigenvalue weighted by molar-refractivity contribution is -0.149. The maximum absolute atomic E-state index is 14.4. The second-order valence-corrected chi connectivity index (χ2v) is 10.3. The molecule has 4 rings (SSSR count). The highest BCUT2D eigenvalue weighted by atomic mass is 16.5. The second kappa shape index (κ2) is 10.3. The van der Waals surface area contributed by atoms with Crippen LogP contribution in [0.4, 0.5) is 5.69 Å². The van der Waals surface area contributed by atoms with Gasteiger partial charge < -0.3 is 29.3 Å². The molecule has 2 bridgehead atoms. The molecule has 3 aliphatic rings. The molecule has 3 fully saturated rings. The maximum atomic E-state index is 14.4. The quantitative estimate of drug-likeness (QED) is 0.457. The molecule has 3 heterocycles. The zero-order valence-electron chi connectivity index (χ0n) is 21.9. The van der Waals surface area contributed by atoms with Crippen molar-refractivity contribution in [1.82, 2.24) is 9.80 Å². The Morgan fingerprint density at radius 2 is 1.86 bits per heavy atom. The lowest BCUT2D eigenvalue weighted by Crippen LogP contribution is -2.56. The smallest absolute Gasteiger partial charge is 0.253 e. The molecule has 9 heteroatoms. The number of likely N-dealkylation sites (N-methyl/N-ethyl adjacent to an activating group) is 1. The summed E-state index contributed by atoms with van der Waals surface area (Å²) in [6, 6.07) is 6.19. The number of benzene rings is 1. The highest BCUT2D eigenvalue weighted by molar-refractivity contribution is 6.05. The first kappa shape index (κ1) is 26.9. The van der Waals surface area contributed by atoms with E-state index in [0.29, 0.717) is 37.2 Å². The van der Waals surface area contributed by atoms with Gasteiger partial charge in [0.05, 0.1) is 24.5 Å². The monoisotopic (exact) mass is 511 g/mol. The number of hydrogen-bond acceptors (Lipinski definition) is 6. The highest BCUT2D eigenvalue weighted by Crippen LogP contribution is 2.63. The Kier molecular flexibility index (Phi) is 7.48. The van der Waals surface area contributed by atoms with E-state index in [9.17, 15) is 19.5 Å². The minimum atomic E-state index is -1.13. The van der Waals surface area contributed by atoms with Crippen molar-refractivity contribution >= 4 is 23.4 Å². The number of rotatable bonds is 11. The zero-order valence-corrected chi connectivity index (χ0v) is 21.9. The molecule has 3 amide bonds. The average Bonchev–Trinajstić information content (AvgIpc) is 3.46. The molecule has 0 aliphatic carbocycles. The molecule has 1 aromatic rings. The fraction of sp³-hybridized carbons (Fsp3) is 0.536. The summed E-state index contributed by atoms with van der Waals surface area (Å²) >= 11 is 0. The number of methoxy groups -OCH3 is 1. The van der Waals surface area contributed by atoms with Gasteiger partial charge in [-0.05, 0) is 50.5 Å². The van der Waals surface area contributed by atoms with Gasteiger partial charge in [0.25, 0.3) is 5.91 Å². The predicted molar refractivity (Wildman–Crippen MR) is 139 cm³/mol. The third-order valence-electron chi connectivity index (χ3n) is 8.07. The molecule has 0 saturated carbocycles. The molecule has 1 N–H and O–H groups in total. The number of carbonyl (C=O) groups excluding carboxylic acids is 3. The summed E-state index contributed by atoms with van der Waals surface area (Å²) in [5.74, 6) is -1.58. The number of nitrogens with zero attached hydrogens (tertiary/aromatic N) is 3. The largest absolute Gasteiger partial charge is 0.497 e. The van der Waals surface area contributed by atoms with Gasteiger partial charge >= 0.3 is 0 Å². The van der Waals surface area contributed by atoms with E-state index in [1.165, 1.54) is 4.90 Å². The molecule has 5 atom stereocenters. The van der Waals surface area contributed by atoms with Crippen molar-refractivity contribution in [2.75, 3.05) is 45.3 Å². The van der Waals surface area contributed by atoms with Crippen molar-refractivity contribution in [2.24, 2.45) is 11.8 Å². The van der Waals surface area contributed by atoms with E-state index in [-0.39, 0.29) is 37.4 Å². The van der Waals surface area contributed by atoms with Crippen LogP contribution in [0.2, 0.25) is 0 Å². The summed E-state index contributed by atoms with van der Waals surface area (Å²) < 4.78 is 11.9. The molecular weight excluding hydrogens is 474 g/mol. The molecule has 3 aliphatic heterocycles. The summed E-state index contributed by atoms with van der Waals surface area (Å²) in [7, 11) is 3.26. The third kappa shape index (κ3) is 4.24. The van der Waals surface area contributed by atoms with E-state index in [1.54, 1.807) is 60.4 Å². The number of likely N-dealkylation sites (tertiary alicyclic amines) is 1. The normalized spacial score (nSPS) is 29.7. The van der Waals surface area contributed by atoms with Gasteiger partial charge in [0.1, 0.15) is 17.4 Å². The van der Waals surface area contributed by atoms with Crippen LogP contribution in [0.3, 0.4) is 0 Å². The first-order valence-corrected chi connectivity index (χ1v) is 12.7. The summed E-state index contributed by atoms with van der Waals surface area (Å²) in [5.41, 5.74) is -1.34. The van der Waals surface area contributed by atoms with Gasteiger partial charge in [0.15, 0.2) is 0 Å². The van der Waals surface area contributed by atoms with Gasteiger partial charge in [0.2, 0.25) is 11.8 Å². The number of aliphatic hydroxyl groups is 1. The van der Waals surface area contributed by atoms with Crippen molar-refractivity contribution in [3.8, 4) is 5.75 Å². The summed E-state index contributed by atoms with van der Waals surface area (Å²) in [6.45, 7) is 10.1. The van der Waals surface area contributed by atoms with Gasteiger partial charge in [-0.3, -0.25) is 14.4 Å². The molecular formula is C28H37N3O6. The fourth-order valence-electron chi connectivity index (χ4n) is 6.45. The number of aliphatic hydroxyl groups excluding tert-OH is 1. The number of anilines is 1. The van der Waals surface area contributed by atoms with Gasteiger partial charge in [-0.15, -0.1) is 13.2 Å². The Morgan fingerprint density at radius 3 is 2.46 bits per heavy atom. The van der Waals surface area contributed by atoms with Crippen LogP contribution in [-0.4, -0.2) is 90.3 Å². The first-order valence-electron chi connectivity index (χ1n) is 12.7. The minimum Gasteiger partial charge on any atom is -0.497 e. The van der Waals surface area contributed by atoms with Gasteiger partial charge in [0, 0.05) is 39.0 Å². The summed E-state index contributed by atoms with van der Waals surface area (Å²) in [5, 5.41) is 9.54. The molecule has 0 radical (unpaired) electrons. The van der Waals surface area contributed by atoms with Crippen LogP contribution in [0.15, 0.2) is 49.6 Å². The average molecular weight is 512 g/mol. The van der Waals surface area contributed by atoms with E-state index >= 15 is 0 Å². The molecule has 1 aromatic carbocycles. The maximum Gasteiger partial charge on any atom is 0.253 e. The molecule has 37 heavy (non-hydrogen) atoms. The number of ether oxygens (including phenoxy) is 2. The Hall–Kier alpha value is -3.17. The summed E-state index contributed by atoms with van der Waals surface area (Å²) in [4.78, 5) is 46.6. The van der Waals surface area contributed by atoms with Gasteiger partial charge in [-0.1, -0.05) is 12.2 Å². The molecule has 0 aromatic heterocycles. The second-order valence-electron chi connectivity index (χ2n) is 10.3. The van der Waals surface area contributed by atoms with Crippen LogP contribution in [0.25, 0.3) is 0 Å². The topological polar surface area (TPSA) is 99.6 Å². The Bertz CT molecular complexity index is 1070. The van der Waals surface area contributed by atoms with E-state index < -0.39 is 29.1 Å². The van der Waals surface area contributed by atoms with Crippen molar-refractivity contribution in [3.63, 3.8) is 0 Å². The molecule has 200 valence electrons. The van der Waals surface area contributed by atoms with Gasteiger partial charge in [-0.25, -0.2) is 0 Å². The van der Waals surface area contributed by atoms with Crippen LogP contribution in [0, 0.1) is 11.8 Å². The Balaban J connectivity index is 1.78. The zero-order chi connectivity index (χ0) is 27.0. The van der Waals surface area contributed by atoms with Crippen molar-refractivity contribution in [2.45, 2.75) is 43.4 Å². The lowest BCUT2D eigenvalue weighted by atomic mass is 9.66. The van der Waals surface area contributed by atoms with Crippen LogP contribution < -0.4 is 9.64 Å². The SMILES string of the molecule is C=CCN(C)C(=O)[C@H]1[C@H]2C(=O)N(CCCO)C(C(=O)N(CC=C)c3ccc(OC)cc3)C23CC[C@]1(C)O3. The van der Waals surface area contributed by atoms with E-state index in [4.69, 9.17) is 9.47 Å². The number of hydrogen-bond donors (Lipinski definition) is 1. The number of carbonyl (C=O) groups is 3. The van der Waals surface area contributed by atoms with Gasteiger partial charge in [-0.2, -0.15) is 0 Å².